The molecule has 1 heterocycles. The molecular formula is C18H32IN5. The first-order valence-electron chi connectivity index (χ1n) is 8.72. The van der Waals surface area contributed by atoms with Gasteiger partial charge in [-0.2, -0.15) is 0 Å². The van der Waals surface area contributed by atoms with Crippen LogP contribution in [0.4, 0.5) is 5.82 Å². The highest BCUT2D eigenvalue weighted by Crippen LogP contribution is 2.26. The third-order valence-corrected chi connectivity index (χ3v) is 4.68. The van der Waals surface area contributed by atoms with Gasteiger partial charge in [0.2, 0.25) is 0 Å². The van der Waals surface area contributed by atoms with E-state index in [1.807, 2.05) is 44.2 Å². The Morgan fingerprint density at radius 3 is 2.54 bits per heavy atom. The molecule has 0 atom stereocenters. The largest absolute Gasteiger partial charge is 0.363 e. The van der Waals surface area contributed by atoms with Gasteiger partial charge in [0.25, 0.3) is 0 Å². The maximum absolute atomic E-state index is 4.63. The molecule has 1 aliphatic rings. The number of nitrogens with zero attached hydrogens (tertiary/aromatic N) is 3. The first-order chi connectivity index (χ1) is 11.1. The summed E-state index contributed by atoms with van der Waals surface area (Å²) >= 11 is 0. The van der Waals surface area contributed by atoms with Crippen molar-refractivity contribution in [3.05, 3.63) is 23.9 Å². The van der Waals surface area contributed by atoms with Gasteiger partial charge in [-0.3, -0.25) is 4.99 Å². The zero-order valence-corrected chi connectivity index (χ0v) is 17.7. The van der Waals surface area contributed by atoms with Crippen LogP contribution in [0.25, 0.3) is 0 Å². The smallest absolute Gasteiger partial charge is 0.191 e. The summed E-state index contributed by atoms with van der Waals surface area (Å²) in [5.41, 5.74) is 1.02. The number of guanidine groups is 1. The summed E-state index contributed by atoms with van der Waals surface area (Å²) in [6.45, 7) is 2.99. The van der Waals surface area contributed by atoms with Gasteiger partial charge in [0, 0.05) is 27.2 Å². The average Bonchev–Trinajstić information content (AvgIpc) is 2.59. The molecule has 2 rings (SSSR count). The summed E-state index contributed by atoms with van der Waals surface area (Å²) < 4.78 is 0. The molecule has 1 aromatic rings. The van der Waals surface area contributed by atoms with Crippen molar-refractivity contribution in [3.63, 3.8) is 0 Å². The van der Waals surface area contributed by atoms with Gasteiger partial charge in [0.1, 0.15) is 5.82 Å². The number of pyridine rings is 1. The van der Waals surface area contributed by atoms with E-state index in [1.165, 1.54) is 32.1 Å². The molecule has 0 radical (unpaired) electrons. The van der Waals surface area contributed by atoms with E-state index in [0.29, 0.717) is 12.6 Å². The highest BCUT2D eigenvalue weighted by Gasteiger charge is 2.20. The molecule has 0 aromatic carbocycles. The predicted molar refractivity (Wildman–Crippen MR) is 113 cm³/mol. The molecule has 1 aliphatic carbocycles. The van der Waals surface area contributed by atoms with E-state index < -0.39 is 0 Å². The molecule has 6 heteroatoms. The Balaban J connectivity index is 0.00000288. The third kappa shape index (κ3) is 6.45. The fraction of sp³-hybridized carbons (Fsp3) is 0.667. The number of rotatable bonds is 5. The van der Waals surface area contributed by atoms with Gasteiger partial charge in [-0.05, 0) is 43.7 Å². The lowest BCUT2D eigenvalue weighted by atomic mass is 9.84. The highest BCUT2D eigenvalue weighted by molar-refractivity contribution is 14.0. The summed E-state index contributed by atoms with van der Waals surface area (Å²) in [7, 11) is 5.84. The monoisotopic (exact) mass is 445 g/mol. The van der Waals surface area contributed by atoms with Crippen LogP contribution in [0, 0.1) is 5.92 Å². The molecule has 1 aromatic heterocycles. The van der Waals surface area contributed by atoms with Crippen molar-refractivity contribution in [2.24, 2.45) is 10.9 Å². The first-order valence-corrected chi connectivity index (χ1v) is 8.72. The van der Waals surface area contributed by atoms with E-state index in [9.17, 15) is 0 Å². The van der Waals surface area contributed by atoms with Crippen molar-refractivity contribution >= 4 is 35.8 Å². The van der Waals surface area contributed by atoms with Crippen LogP contribution in [-0.2, 0) is 6.54 Å². The van der Waals surface area contributed by atoms with Gasteiger partial charge in [-0.15, -0.1) is 24.0 Å². The molecule has 136 valence electrons. The summed E-state index contributed by atoms with van der Waals surface area (Å²) in [5.74, 6) is 2.77. The molecule has 0 aliphatic heterocycles. The van der Waals surface area contributed by atoms with E-state index in [1.54, 1.807) is 0 Å². The molecular weight excluding hydrogens is 413 g/mol. The minimum Gasteiger partial charge on any atom is -0.363 e. The molecule has 0 unspecified atom stereocenters. The predicted octanol–water partition coefficient (Wildman–Crippen LogP) is 3.40. The number of nitrogens with one attached hydrogen (secondary N) is 2. The lowest BCUT2D eigenvalue weighted by Crippen LogP contribution is -2.44. The number of halogens is 1. The summed E-state index contributed by atoms with van der Waals surface area (Å²) in [4.78, 5) is 11.0. The van der Waals surface area contributed by atoms with E-state index in [0.717, 1.165) is 23.4 Å². The van der Waals surface area contributed by atoms with Gasteiger partial charge in [-0.25, -0.2) is 4.98 Å². The van der Waals surface area contributed by atoms with Crippen LogP contribution in [0.3, 0.4) is 0 Å². The minimum atomic E-state index is 0. The number of anilines is 1. The SMILES string of the molecule is CCC1CCC(NC(=NC)NCc2cccc(N(C)C)n2)CC1.I. The minimum absolute atomic E-state index is 0. The van der Waals surface area contributed by atoms with Crippen molar-refractivity contribution in [2.45, 2.75) is 51.6 Å². The maximum atomic E-state index is 4.63. The topological polar surface area (TPSA) is 52.6 Å². The normalized spacial score (nSPS) is 20.9. The second-order valence-electron chi connectivity index (χ2n) is 6.58. The zero-order chi connectivity index (χ0) is 16.7. The van der Waals surface area contributed by atoms with Crippen LogP contribution in [0.5, 0.6) is 0 Å². The van der Waals surface area contributed by atoms with Crippen molar-refractivity contribution in [3.8, 4) is 0 Å². The van der Waals surface area contributed by atoms with Crippen LogP contribution >= 0.6 is 24.0 Å². The van der Waals surface area contributed by atoms with Gasteiger partial charge in [0.05, 0.1) is 12.2 Å². The summed E-state index contributed by atoms with van der Waals surface area (Å²) in [6, 6.07) is 6.65. The quantitative estimate of drug-likeness (QED) is 0.415. The molecule has 24 heavy (non-hydrogen) atoms. The second-order valence-corrected chi connectivity index (χ2v) is 6.58. The average molecular weight is 445 g/mol. The lowest BCUT2D eigenvalue weighted by molar-refractivity contribution is 0.304. The van der Waals surface area contributed by atoms with E-state index in [2.05, 4.69) is 27.5 Å². The van der Waals surface area contributed by atoms with Crippen molar-refractivity contribution < 1.29 is 0 Å². The number of aliphatic imine (C=N–C) groups is 1. The summed E-state index contributed by atoms with van der Waals surface area (Å²) in [6.07, 6.45) is 6.46. The van der Waals surface area contributed by atoms with E-state index in [4.69, 9.17) is 0 Å². The first kappa shape index (κ1) is 21.0. The Kier molecular flexibility index (Phi) is 9.39. The standard InChI is InChI=1S/C18H31N5.HI/c1-5-14-9-11-15(12-10-14)22-18(19-2)20-13-16-7-6-8-17(21-16)23(3)4;/h6-8,14-15H,5,9-13H2,1-4H3,(H2,19,20,22);1H. The highest BCUT2D eigenvalue weighted by atomic mass is 127. The van der Waals surface area contributed by atoms with Crippen LogP contribution in [0.2, 0.25) is 0 Å². The van der Waals surface area contributed by atoms with Crippen molar-refractivity contribution in [2.75, 3.05) is 26.0 Å². The number of aromatic nitrogens is 1. The molecule has 5 nitrogen and oxygen atoms in total. The Morgan fingerprint density at radius 1 is 1.25 bits per heavy atom. The molecule has 1 fully saturated rings. The van der Waals surface area contributed by atoms with Crippen LogP contribution in [0.1, 0.15) is 44.7 Å². The van der Waals surface area contributed by atoms with Gasteiger partial charge < -0.3 is 15.5 Å². The van der Waals surface area contributed by atoms with Crippen LogP contribution in [0.15, 0.2) is 23.2 Å². The van der Waals surface area contributed by atoms with Crippen LogP contribution < -0.4 is 15.5 Å². The Labute approximate surface area is 163 Å². The Morgan fingerprint density at radius 2 is 1.96 bits per heavy atom. The zero-order valence-electron chi connectivity index (χ0n) is 15.4. The fourth-order valence-electron chi connectivity index (χ4n) is 3.09. The third-order valence-electron chi connectivity index (χ3n) is 4.68. The number of hydrogen-bond donors (Lipinski definition) is 2. The molecule has 1 saturated carbocycles. The Hall–Kier alpha value is -1.05. The molecule has 0 amide bonds. The Bertz CT molecular complexity index is 510. The molecule has 2 N–H and O–H groups in total. The van der Waals surface area contributed by atoms with Crippen LogP contribution in [-0.4, -0.2) is 38.1 Å². The molecule has 0 spiro atoms. The van der Waals surface area contributed by atoms with E-state index in [-0.39, 0.29) is 24.0 Å². The van der Waals surface area contributed by atoms with Crippen molar-refractivity contribution in [1.29, 1.82) is 0 Å². The van der Waals surface area contributed by atoms with Gasteiger partial charge in [-0.1, -0.05) is 19.4 Å². The van der Waals surface area contributed by atoms with E-state index >= 15 is 0 Å². The summed E-state index contributed by atoms with van der Waals surface area (Å²) in [5, 5.41) is 6.94. The molecule has 0 bridgehead atoms. The maximum Gasteiger partial charge on any atom is 0.191 e. The van der Waals surface area contributed by atoms with Crippen molar-refractivity contribution in [1.82, 2.24) is 15.6 Å². The number of hydrogen-bond acceptors (Lipinski definition) is 3. The second kappa shape index (κ2) is 10.7. The molecule has 0 saturated heterocycles. The fourth-order valence-corrected chi connectivity index (χ4v) is 3.09. The lowest BCUT2D eigenvalue weighted by Gasteiger charge is -2.29. The van der Waals surface area contributed by atoms with Gasteiger partial charge in [0.15, 0.2) is 5.96 Å². The van der Waals surface area contributed by atoms with Gasteiger partial charge >= 0.3 is 0 Å².